The highest BCUT2D eigenvalue weighted by Gasteiger charge is 2.34. The molecule has 2 aliphatic heterocycles. The molecule has 0 aromatic carbocycles. The van der Waals surface area contributed by atoms with E-state index in [0.29, 0.717) is 24.9 Å². The molecule has 82 valence electrons. The smallest absolute Gasteiger partial charge is 0.137 e. The molecule has 4 heteroatoms. The average Bonchev–Trinajstić information content (AvgIpc) is 2.25. The Labute approximate surface area is 89.6 Å². The molecule has 1 N–H and O–H groups in total. The first-order valence-electron chi connectivity index (χ1n) is 5.53. The maximum Gasteiger partial charge on any atom is 0.137 e. The van der Waals surface area contributed by atoms with Crippen LogP contribution in [0.1, 0.15) is 25.7 Å². The summed E-state index contributed by atoms with van der Waals surface area (Å²) in [6.45, 7) is 1.44. The van der Waals surface area contributed by atoms with Gasteiger partial charge in [-0.1, -0.05) is 0 Å². The van der Waals surface area contributed by atoms with E-state index in [-0.39, 0.29) is 11.7 Å². The van der Waals surface area contributed by atoms with Crippen molar-refractivity contribution in [1.82, 2.24) is 5.32 Å². The Morgan fingerprint density at radius 2 is 2.07 bits per heavy atom. The van der Waals surface area contributed by atoms with Gasteiger partial charge < -0.3 is 10.1 Å². The van der Waals surface area contributed by atoms with Crippen molar-refractivity contribution in [3.05, 3.63) is 0 Å². The minimum atomic E-state index is 0.151. The fraction of sp³-hybridized carbons (Fsp3) is 0.818. The van der Waals surface area contributed by atoms with Crippen molar-refractivity contribution in [2.75, 3.05) is 13.2 Å². The summed E-state index contributed by atoms with van der Waals surface area (Å²) in [5.74, 6) is 0.411. The van der Waals surface area contributed by atoms with Gasteiger partial charge in [0, 0.05) is 30.8 Å². The molecule has 0 aliphatic carbocycles. The number of ketones is 1. The molecule has 0 aromatic rings. The van der Waals surface area contributed by atoms with Crippen LogP contribution in [0.15, 0.2) is 0 Å². The molecule has 0 radical (unpaired) electrons. The second-order valence-corrected chi connectivity index (χ2v) is 4.39. The highest BCUT2D eigenvalue weighted by Crippen LogP contribution is 2.25. The van der Waals surface area contributed by atoms with Crippen LogP contribution in [0.3, 0.4) is 0 Å². The van der Waals surface area contributed by atoms with Gasteiger partial charge in [0.05, 0.1) is 19.3 Å². The molecule has 0 aromatic heterocycles. The van der Waals surface area contributed by atoms with Crippen LogP contribution in [0.4, 0.5) is 0 Å². The fourth-order valence-corrected chi connectivity index (χ4v) is 2.48. The molecule has 0 amide bonds. The summed E-state index contributed by atoms with van der Waals surface area (Å²) < 4.78 is 5.42. The number of morpholine rings is 1. The third kappa shape index (κ3) is 2.55. The Morgan fingerprint density at radius 3 is 2.67 bits per heavy atom. The number of piperidine rings is 1. The van der Waals surface area contributed by atoms with Gasteiger partial charge in [0.1, 0.15) is 5.78 Å². The minimum Gasteiger partial charge on any atom is -0.378 e. The lowest BCUT2D eigenvalue weighted by atomic mass is 9.83. The van der Waals surface area contributed by atoms with Crippen LogP contribution in [0.5, 0.6) is 0 Å². The molecular weight excluding hydrogens is 192 g/mol. The Morgan fingerprint density at radius 1 is 1.40 bits per heavy atom. The van der Waals surface area contributed by atoms with E-state index in [2.05, 4.69) is 5.32 Å². The molecule has 0 spiro atoms. The van der Waals surface area contributed by atoms with Crippen LogP contribution in [-0.2, 0) is 9.53 Å². The Bertz CT molecular complexity index is 273. The van der Waals surface area contributed by atoms with Crippen molar-refractivity contribution < 1.29 is 9.53 Å². The molecule has 2 atom stereocenters. The first-order valence-corrected chi connectivity index (χ1v) is 5.53. The van der Waals surface area contributed by atoms with Gasteiger partial charge in [-0.2, -0.15) is 5.26 Å². The van der Waals surface area contributed by atoms with E-state index in [9.17, 15) is 4.79 Å². The molecule has 2 fully saturated rings. The van der Waals surface area contributed by atoms with Crippen molar-refractivity contribution in [2.45, 2.75) is 37.8 Å². The predicted octanol–water partition coefficient (Wildman–Crippen LogP) is 0.626. The zero-order valence-corrected chi connectivity index (χ0v) is 8.74. The predicted molar refractivity (Wildman–Crippen MR) is 54.1 cm³/mol. The summed E-state index contributed by atoms with van der Waals surface area (Å²) in [5, 5.41) is 11.9. The van der Waals surface area contributed by atoms with Crippen molar-refractivity contribution in [3.8, 4) is 6.07 Å². The standard InChI is InChI=1S/C11H16N2O2/c12-3-1-2-11(14)8-4-9-6-15-7-10(5-8)13-9/h8-10,13H,1-2,4-7H2. The number of hydrogen-bond donors (Lipinski definition) is 1. The van der Waals surface area contributed by atoms with Gasteiger partial charge in [-0.3, -0.25) is 4.79 Å². The van der Waals surface area contributed by atoms with Crippen molar-refractivity contribution >= 4 is 5.78 Å². The molecule has 2 heterocycles. The summed E-state index contributed by atoms with van der Waals surface area (Å²) in [6, 6.07) is 2.71. The molecule has 2 bridgehead atoms. The number of rotatable bonds is 3. The van der Waals surface area contributed by atoms with Crippen LogP contribution in [0.25, 0.3) is 0 Å². The van der Waals surface area contributed by atoms with Crippen LogP contribution in [-0.4, -0.2) is 31.1 Å². The molecule has 2 rings (SSSR count). The molecule has 2 saturated heterocycles. The number of carbonyl (C=O) groups excluding carboxylic acids is 1. The normalized spacial score (nSPS) is 34.5. The maximum atomic E-state index is 11.8. The van der Waals surface area contributed by atoms with E-state index in [0.717, 1.165) is 26.1 Å². The largest absolute Gasteiger partial charge is 0.378 e. The lowest BCUT2D eigenvalue weighted by Gasteiger charge is -2.39. The lowest BCUT2D eigenvalue weighted by molar-refractivity contribution is -0.125. The number of Topliss-reactive ketones (excluding diaryl/α,β-unsaturated/α-hetero) is 1. The monoisotopic (exact) mass is 208 g/mol. The molecule has 0 saturated carbocycles. The minimum absolute atomic E-state index is 0.151. The van der Waals surface area contributed by atoms with E-state index in [1.165, 1.54) is 0 Å². The van der Waals surface area contributed by atoms with Crippen molar-refractivity contribution in [3.63, 3.8) is 0 Å². The molecule has 2 aliphatic rings. The second kappa shape index (κ2) is 4.73. The number of nitrogens with zero attached hydrogens (tertiary/aromatic N) is 1. The summed E-state index contributed by atoms with van der Waals surface area (Å²) >= 11 is 0. The van der Waals surface area contributed by atoms with E-state index >= 15 is 0 Å². The first-order chi connectivity index (χ1) is 7.29. The fourth-order valence-electron chi connectivity index (χ4n) is 2.48. The molecule has 2 unspecified atom stereocenters. The van der Waals surface area contributed by atoms with Crippen LogP contribution < -0.4 is 5.32 Å². The number of hydrogen-bond acceptors (Lipinski definition) is 4. The van der Waals surface area contributed by atoms with Crippen LogP contribution in [0.2, 0.25) is 0 Å². The van der Waals surface area contributed by atoms with Gasteiger partial charge in [-0.05, 0) is 12.8 Å². The molecular formula is C11H16N2O2. The number of carbonyl (C=O) groups is 1. The number of fused-ring (bicyclic) bond motifs is 2. The number of ether oxygens (including phenoxy) is 1. The molecule has 4 nitrogen and oxygen atoms in total. The number of nitriles is 1. The van der Waals surface area contributed by atoms with E-state index in [1.54, 1.807) is 0 Å². The number of nitrogens with one attached hydrogen (secondary N) is 1. The third-order valence-electron chi connectivity index (χ3n) is 3.19. The highest BCUT2D eigenvalue weighted by molar-refractivity contribution is 5.81. The zero-order valence-electron chi connectivity index (χ0n) is 8.74. The summed E-state index contributed by atoms with van der Waals surface area (Å²) in [7, 11) is 0. The van der Waals surface area contributed by atoms with Gasteiger partial charge >= 0.3 is 0 Å². The topological polar surface area (TPSA) is 62.1 Å². The van der Waals surface area contributed by atoms with Crippen molar-refractivity contribution in [1.29, 1.82) is 5.26 Å². The van der Waals surface area contributed by atoms with Gasteiger partial charge in [0.2, 0.25) is 0 Å². The van der Waals surface area contributed by atoms with E-state index < -0.39 is 0 Å². The maximum absolute atomic E-state index is 11.8. The van der Waals surface area contributed by atoms with Gasteiger partial charge in [0.25, 0.3) is 0 Å². The zero-order chi connectivity index (χ0) is 10.7. The van der Waals surface area contributed by atoms with Gasteiger partial charge in [-0.15, -0.1) is 0 Å². The SMILES string of the molecule is N#CCCC(=O)C1CC2COCC(C1)N2. The summed E-state index contributed by atoms with van der Waals surface area (Å²) in [4.78, 5) is 11.8. The van der Waals surface area contributed by atoms with Gasteiger partial charge in [-0.25, -0.2) is 0 Å². The Hall–Kier alpha value is -0.920. The van der Waals surface area contributed by atoms with Crippen LogP contribution >= 0.6 is 0 Å². The Kier molecular flexibility index (Phi) is 3.34. The van der Waals surface area contributed by atoms with Gasteiger partial charge in [0.15, 0.2) is 0 Å². The quantitative estimate of drug-likeness (QED) is 0.738. The highest BCUT2D eigenvalue weighted by atomic mass is 16.5. The second-order valence-electron chi connectivity index (χ2n) is 4.39. The lowest BCUT2D eigenvalue weighted by Crippen LogP contribution is -2.55. The summed E-state index contributed by atoms with van der Waals surface area (Å²) in [6.07, 6.45) is 2.53. The average molecular weight is 208 g/mol. The Balaban J connectivity index is 1.88. The molecule has 15 heavy (non-hydrogen) atoms. The van der Waals surface area contributed by atoms with E-state index in [4.69, 9.17) is 10.00 Å². The van der Waals surface area contributed by atoms with E-state index in [1.807, 2.05) is 6.07 Å². The van der Waals surface area contributed by atoms with Crippen molar-refractivity contribution in [2.24, 2.45) is 5.92 Å². The van der Waals surface area contributed by atoms with Crippen LogP contribution in [0, 0.1) is 17.2 Å². The first kappa shape index (κ1) is 10.6. The summed E-state index contributed by atoms with van der Waals surface area (Å²) in [5.41, 5.74) is 0. The third-order valence-corrected chi connectivity index (χ3v) is 3.19.